The van der Waals surface area contributed by atoms with E-state index >= 15 is 13.2 Å². The van der Waals surface area contributed by atoms with E-state index in [0.717, 1.165) is 12.8 Å². The van der Waals surface area contributed by atoms with Crippen molar-refractivity contribution in [2.24, 2.45) is 5.41 Å². The fourth-order valence-electron chi connectivity index (χ4n) is 9.52. The summed E-state index contributed by atoms with van der Waals surface area (Å²) in [6.45, 7) is 9.17. The molecule has 3 saturated heterocycles. The average molecular weight is 820 g/mol. The van der Waals surface area contributed by atoms with E-state index in [0.29, 0.717) is 31.4 Å². The van der Waals surface area contributed by atoms with E-state index in [-0.39, 0.29) is 71.7 Å². The highest BCUT2D eigenvalue weighted by atomic mass is 19.4. The van der Waals surface area contributed by atoms with Gasteiger partial charge in [0.15, 0.2) is 12.0 Å². The number of fused-ring (bicyclic) bond motifs is 4. The van der Waals surface area contributed by atoms with E-state index in [1.807, 2.05) is 11.8 Å². The van der Waals surface area contributed by atoms with Gasteiger partial charge in [0.25, 0.3) is 5.92 Å². The number of carbonyl (C=O) groups is 2. The zero-order valence-electron chi connectivity index (χ0n) is 33.8. The Morgan fingerprint density at radius 1 is 1.12 bits per heavy atom. The Kier molecular flexibility index (Phi) is 9.68. The molecule has 1 amide bonds. The molecule has 3 aromatic rings. The van der Waals surface area contributed by atoms with Crippen molar-refractivity contribution >= 4 is 28.8 Å². The average Bonchev–Trinajstić information content (AvgIpc) is 3.33. The summed E-state index contributed by atoms with van der Waals surface area (Å²) in [7, 11) is 3.37. The van der Waals surface area contributed by atoms with E-state index in [2.05, 4.69) is 15.1 Å². The van der Waals surface area contributed by atoms with Crippen LogP contribution in [0.25, 0.3) is 10.9 Å². The van der Waals surface area contributed by atoms with Gasteiger partial charge >= 0.3 is 24.2 Å². The van der Waals surface area contributed by atoms with Crippen LogP contribution in [0.4, 0.5) is 32.6 Å². The number of anilines is 1. The Morgan fingerprint density at radius 3 is 2.48 bits per heavy atom. The molecule has 6 heterocycles. The second kappa shape index (κ2) is 13.9. The van der Waals surface area contributed by atoms with Gasteiger partial charge < -0.3 is 28.7 Å². The van der Waals surface area contributed by atoms with Crippen LogP contribution in [0.2, 0.25) is 0 Å². The second-order valence-electron chi connectivity index (χ2n) is 18.2. The largest absolute Gasteiger partial charge is 0.463 e. The number of halogens is 5. The Hall–Kier alpha value is -4.32. The number of nitrogens with zero attached hydrogens (tertiary/aromatic N) is 7. The third-order valence-corrected chi connectivity index (χ3v) is 12.1. The van der Waals surface area contributed by atoms with Crippen molar-refractivity contribution in [3.63, 3.8) is 0 Å². The molecule has 1 aliphatic carbocycles. The first kappa shape index (κ1) is 40.5. The number of ether oxygens (including phenoxy) is 4. The van der Waals surface area contributed by atoms with E-state index in [1.54, 1.807) is 49.3 Å². The van der Waals surface area contributed by atoms with Crippen LogP contribution in [0.15, 0.2) is 12.3 Å². The highest BCUT2D eigenvalue weighted by Gasteiger charge is 2.71. The standard InChI is InChI=1S/C40H50F5N7O6/c1-22-14-26-24(16-46-52(26)28-10-8-9-13-55-28)29(31(22)40(43,44)45)27-15-25-30(33(53)57-27)32(48-34(47-25)56-21-38(20-49(6)7)18-39(38,41)42)50-17-23-11-12-37(5,19-50)51(23)35(54)58-36(2,3)4/h14,16,23,27-28H,8-13,15,17-21H2,1-7H3/t23-,27?,28?,37+,38-/m1/s1. The smallest absolute Gasteiger partial charge is 0.417 e. The van der Waals surface area contributed by atoms with Gasteiger partial charge in [0.05, 0.1) is 40.0 Å². The Morgan fingerprint density at radius 2 is 1.86 bits per heavy atom. The minimum atomic E-state index is -4.83. The lowest BCUT2D eigenvalue weighted by atomic mass is 9.89. The van der Waals surface area contributed by atoms with Gasteiger partial charge in [-0.25, -0.2) is 23.1 Å². The maximum absolute atomic E-state index is 15.0. The molecule has 5 aliphatic rings. The zero-order valence-corrected chi connectivity index (χ0v) is 33.8. The van der Waals surface area contributed by atoms with E-state index in [9.17, 15) is 18.4 Å². The van der Waals surface area contributed by atoms with Crippen LogP contribution >= 0.6 is 0 Å². The molecule has 0 radical (unpaired) electrons. The Labute approximate surface area is 333 Å². The van der Waals surface area contributed by atoms with Gasteiger partial charge in [0.2, 0.25) is 0 Å². The summed E-state index contributed by atoms with van der Waals surface area (Å²) >= 11 is 0. The van der Waals surface area contributed by atoms with Crippen LogP contribution in [-0.4, -0.2) is 112 Å². The van der Waals surface area contributed by atoms with Gasteiger partial charge in [-0.05, 0) is 92.4 Å². The first-order valence-electron chi connectivity index (χ1n) is 19.8. The molecule has 58 heavy (non-hydrogen) atoms. The van der Waals surface area contributed by atoms with E-state index in [4.69, 9.17) is 18.9 Å². The molecule has 2 aromatic heterocycles. The van der Waals surface area contributed by atoms with Crippen LogP contribution in [-0.2, 0) is 26.8 Å². The van der Waals surface area contributed by atoms with Crippen molar-refractivity contribution in [3.8, 4) is 6.01 Å². The highest BCUT2D eigenvalue weighted by Crippen LogP contribution is 2.61. The second-order valence-corrected chi connectivity index (χ2v) is 18.2. The number of hydrogen-bond acceptors (Lipinski definition) is 11. The molecule has 2 bridgehead atoms. The number of carbonyl (C=O) groups excluding carboxylic acids is 2. The monoisotopic (exact) mass is 819 g/mol. The van der Waals surface area contributed by atoms with E-state index < -0.39 is 71.6 Å². The van der Waals surface area contributed by atoms with Crippen LogP contribution in [0.1, 0.15) is 111 Å². The molecule has 13 nitrogen and oxygen atoms in total. The molecule has 18 heteroatoms. The van der Waals surface area contributed by atoms with Crippen molar-refractivity contribution < 1.29 is 50.5 Å². The number of aromatic nitrogens is 4. The number of aryl methyl sites for hydroxylation is 1. The fourth-order valence-corrected chi connectivity index (χ4v) is 9.52. The first-order chi connectivity index (χ1) is 27.1. The number of alkyl halides is 5. The lowest BCUT2D eigenvalue weighted by Gasteiger charge is -2.48. The summed E-state index contributed by atoms with van der Waals surface area (Å²) in [5, 5.41) is 4.63. The van der Waals surface area contributed by atoms with Gasteiger partial charge in [0.1, 0.15) is 23.9 Å². The molecule has 4 fully saturated rings. The molecule has 5 atom stereocenters. The molecular formula is C40H50F5N7O6. The normalized spacial score (nSPS) is 28.2. The minimum absolute atomic E-state index is 0.0298. The number of benzene rings is 1. The number of esters is 1. The third kappa shape index (κ3) is 7.11. The molecule has 0 spiro atoms. The Balaban J connectivity index is 1.21. The Bertz CT molecular complexity index is 2130. The summed E-state index contributed by atoms with van der Waals surface area (Å²) in [4.78, 5) is 42.2. The molecule has 1 saturated carbocycles. The van der Waals surface area contributed by atoms with Crippen molar-refractivity contribution in [2.75, 3.05) is 51.8 Å². The predicted octanol–water partition coefficient (Wildman–Crippen LogP) is 7.25. The SMILES string of the molecule is Cc1cc2c(cnn2C2CCCCO2)c(C2Cc3nc(OC[C@]4(CN(C)C)CC4(F)F)nc(N4C[C@H]5CC[C@@](C)(C4)N5C(=O)OC(C)(C)C)c3C(=O)O2)c1C(F)(F)F. The van der Waals surface area contributed by atoms with Gasteiger partial charge in [-0.3, -0.25) is 4.90 Å². The molecule has 1 aromatic carbocycles. The van der Waals surface area contributed by atoms with Crippen molar-refractivity contribution in [3.05, 3.63) is 40.2 Å². The van der Waals surface area contributed by atoms with Crippen molar-refractivity contribution in [1.29, 1.82) is 0 Å². The maximum Gasteiger partial charge on any atom is 0.417 e. The molecular weight excluding hydrogens is 769 g/mol. The quantitative estimate of drug-likeness (QED) is 0.169. The fraction of sp³-hybridized carbons (Fsp3) is 0.675. The topological polar surface area (TPSA) is 124 Å². The molecule has 8 rings (SSSR count). The number of rotatable bonds is 8. The summed E-state index contributed by atoms with van der Waals surface area (Å²) in [5.74, 6) is -3.84. The van der Waals surface area contributed by atoms with E-state index in [1.165, 1.54) is 19.2 Å². The number of piperazine rings is 1. The molecule has 0 N–H and O–H groups in total. The first-order valence-corrected chi connectivity index (χ1v) is 19.8. The summed E-state index contributed by atoms with van der Waals surface area (Å²) in [5.41, 5.74) is -3.85. The maximum atomic E-state index is 15.0. The van der Waals surface area contributed by atoms with Crippen LogP contribution in [0, 0.1) is 12.3 Å². The highest BCUT2D eigenvalue weighted by molar-refractivity contribution is 5.98. The van der Waals surface area contributed by atoms with Gasteiger partial charge in [0, 0.05) is 50.0 Å². The van der Waals surface area contributed by atoms with Gasteiger partial charge in [-0.15, -0.1) is 0 Å². The summed E-state index contributed by atoms with van der Waals surface area (Å²) in [6, 6.07) is 0.812. The van der Waals surface area contributed by atoms with Crippen molar-refractivity contribution in [1.82, 2.24) is 29.5 Å². The zero-order chi connectivity index (χ0) is 41.7. The van der Waals surface area contributed by atoms with Crippen LogP contribution in [0.3, 0.4) is 0 Å². The minimum Gasteiger partial charge on any atom is -0.463 e. The number of cyclic esters (lactones) is 1. The number of hydrogen-bond donors (Lipinski definition) is 0. The van der Waals surface area contributed by atoms with Gasteiger partial charge in [-0.2, -0.15) is 28.2 Å². The van der Waals surface area contributed by atoms with Gasteiger partial charge in [-0.1, -0.05) is 0 Å². The van der Waals surface area contributed by atoms with Crippen molar-refractivity contribution in [2.45, 2.75) is 121 Å². The lowest BCUT2D eigenvalue weighted by molar-refractivity contribution is -0.139. The molecule has 2 unspecified atom stereocenters. The lowest BCUT2D eigenvalue weighted by Crippen LogP contribution is -2.63. The summed E-state index contributed by atoms with van der Waals surface area (Å²) < 4.78 is 100. The number of amides is 1. The van der Waals surface area contributed by atoms with Crippen LogP contribution < -0.4 is 9.64 Å². The molecule has 4 aliphatic heterocycles. The summed E-state index contributed by atoms with van der Waals surface area (Å²) in [6.07, 6.45) is -2.93. The third-order valence-electron chi connectivity index (χ3n) is 12.1. The molecule has 316 valence electrons. The van der Waals surface area contributed by atoms with Crippen LogP contribution in [0.5, 0.6) is 6.01 Å². The predicted molar refractivity (Wildman–Crippen MR) is 200 cm³/mol.